The molecule has 168 valence electrons. The molecule has 3 nitrogen and oxygen atoms in total. The van der Waals surface area contributed by atoms with Crippen molar-refractivity contribution >= 4 is 10.9 Å². The highest BCUT2D eigenvalue weighted by atomic mass is 19.1. The summed E-state index contributed by atoms with van der Waals surface area (Å²) in [4.78, 5) is 13.8. The Balaban J connectivity index is 1.64. The summed E-state index contributed by atoms with van der Waals surface area (Å²) >= 11 is 0. The normalized spacial score (nSPS) is 11.2. The maximum Gasteiger partial charge on any atom is 0.131 e. The molecule has 4 heteroatoms. The highest BCUT2D eigenvalue weighted by Crippen LogP contribution is 2.34. The van der Waals surface area contributed by atoms with Crippen molar-refractivity contribution in [2.75, 3.05) is 0 Å². The lowest BCUT2D eigenvalue weighted by molar-refractivity contribution is 0.630. The Morgan fingerprint density at radius 3 is 2.24 bits per heavy atom. The van der Waals surface area contributed by atoms with Crippen LogP contribution in [-0.2, 0) is 12.8 Å². The molecule has 0 aliphatic heterocycles. The summed E-state index contributed by atoms with van der Waals surface area (Å²) in [5.41, 5.74) is 9.31. The SMILES string of the molecule is CCc1ccc(-c2ccnc3ccc(-c4cnc(CC)c(-c5ccc(C)cc5F)c4)cc23)cn1. The van der Waals surface area contributed by atoms with Gasteiger partial charge in [-0.2, -0.15) is 0 Å². The van der Waals surface area contributed by atoms with Gasteiger partial charge in [0.15, 0.2) is 0 Å². The molecular weight excluding hydrogens is 421 g/mol. The minimum atomic E-state index is -0.221. The summed E-state index contributed by atoms with van der Waals surface area (Å²) in [7, 11) is 0. The van der Waals surface area contributed by atoms with Gasteiger partial charge in [-0.05, 0) is 72.9 Å². The predicted octanol–water partition coefficient (Wildman–Crippen LogP) is 7.60. The van der Waals surface area contributed by atoms with Crippen LogP contribution in [0.5, 0.6) is 0 Å². The number of nitrogens with zero attached hydrogens (tertiary/aromatic N) is 3. The van der Waals surface area contributed by atoms with Crippen LogP contribution in [0, 0.1) is 12.7 Å². The number of hydrogen-bond acceptors (Lipinski definition) is 3. The minimum absolute atomic E-state index is 0.221. The molecular formula is C30H26FN3. The molecule has 0 amide bonds. The van der Waals surface area contributed by atoms with Crippen LogP contribution >= 0.6 is 0 Å². The van der Waals surface area contributed by atoms with E-state index in [4.69, 9.17) is 4.98 Å². The molecule has 3 aromatic heterocycles. The Morgan fingerprint density at radius 1 is 0.676 bits per heavy atom. The third-order valence-electron chi connectivity index (χ3n) is 6.29. The maximum atomic E-state index is 14.8. The van der Waals surface area contributed by atoms with Crippen molar-refractivity contribution in [3.8, 4) is 33.4 Å². The lowest BCUT2D eigenvalue weighted by Crippen LogP contribution is -1.96. The van der Waals surface area contributed by atoms with Gasteiger partial charge >= 0.3 is 0 Å². The number of rotatable bonds is 5. The molecule has 0 N–H and O–H groups in total. The van der Waals surface area contributed by atoms with Crippen LogP contribution in [-0.4, -0.2) is 15.0 Å². The van der Waals surface area contributed by atoms with Gasteiger partial charge < -0.3 is 0 Å². The second kappa shape index (κ2) is 9.14. The first kappa shape index (κ1) is 21.9. The number of pyridine rings is 3. The average Bonchev–Trinajstić information content (AvgIpc) is 2.88. The third kappa shape index (κ3) is 4.08. The average molecular weight is 448 g/mol. The highest BCUT2D eigenvalue weighted by molar-refractivity contribution is 5.97. The molecule has 34 heavy (non-hydrogen) atoms. The molecule has 0 aliphatic rings. The van der Waals surface area contributed by atoms with Gasteiger partial charge in [0, 0.05) is 57.6 Å². The van der Waals surface area contributed by atoms with E-state index in [0.29, 0.717) is 5.56 Å². The fourth-order valence-corrected chi connectivity index (χ4v) is 4.37. The van der Waals surface area contributed by atoms with E-state index < -0.39 is 0 Å². The van der Waals surface area contributed by atoms with Crippen LogP contribution in [0.3, 0.4) is 0 Å². The third-order valence-corrected chi connectivity index (χ3v) is 6.29. The van der Waals surface area contributed by atoms with E-state index in [1.165, 1.54) is 0 Å². The molecule has 5 aromatic rings. The second-order valence-electron chi connectivity index (χ2n) is 8.54. The second-order valence-corrected chi connectivity index (χ2v) is 8.54. The lowest BCUT2D eigenvalue weighted by atomic mass is 9.95. The van der Waals surface area contributed by atoms with Crippen LogP contribution in [0.15, 0.2) is 79.3 Å². The highest BCUT2D eigenvalue weighted by Gasteiger charge is 2.14. The number of aryl methyl sites for hydroxylation is 3. The van der Waals surface area contributed by atoms with Crippen molar-refractivity contribution in [1.29, 1.82) is 0 Å². The van der Waals surface area contributed by atoms with Crippen molar-refractivity contribution < 1.29 is 4.39 Å². The van der Waals surface area contributed by atoms with Crippen molar-refractivity contribution in [3.63, 3.8) is 0 Å². The molecule has 0 spiro atoms. The summed E-state index contributed by atoms with van der Waals surface area (Å²) in [6, 6.07) is 19.9. The van der Waals surface area contributed by atoms with Crippen LogP contribution < -0.4 is 0 Å². The Hall–Kier alpha value is -3.92. The van der Waals surface area contributed by atoms with E-state index >= 15 is 0 Å². The number of halogens is 1. The largest absolute Gasteiger partial charge is 0.261 e. The minimum Gasteiger partial charge on any atom is -0.261 e. The maximum absolute atomic E-state index is 14.8. The van der Waals surface area contributed by atoms with E-state index in [2.05, 4.69) is 41.2 Å². The first-order valence-electron chi connectivity index (χ1n) is 11.7. The molecule has 0 unspecified atom stereocenters. The Labute approximate surface area is 199 Å². The van der Waals surface area contributed by atoms with Gasteiger partial charge in [-0.15, -0.1) is 0 Å². The van der Waals surface area contributed by atoms with Crippen molar-refractivity contribution in [2.45, 2.75) is 33.6 Å². The van der Waals surface area contributed by atoms with E-state index in [1.54, 1.807) is 6.07 Å². The van der Waals surface area contributed by atoms with E-state index in [-0.39, 0.29) is 5.82 Å². The van der Waals surface area contributed by atoms with Gasteiger partial charge in [-0.25, -0.2) is 4.39 Å². The molecule has 0 aliphatic carbocycles. The summed E-state index contributed by atoms with van der Waals surface area (Å²) in [6.07, 6.45) is 7.28. The molecule has 0 fully saturated rings. The molecule has 0 atom stereocenters. The van der Waals surface area contributed by atoms with Crippen LogP contribution in [0.1, 0.15) is 30.8 Å². The molecule has 0 saturated heterocycles. The molecule has 0 saturated carbocycles. The number of fused-ring (bicyclic) bond motifs is 1. The molecule has 5 rings (SSSR count). The van der Waals surface area contributed by atoms with Gasteiger partial charge in [-0.1, -0.05) is 38.1 Å². The fraction of sp³-hybridized carbons (Fsp3) is 0.167. The standard InChI is InChI=1S/C30H26FN3/c1-4-23-9-7-21(17-33-23)24-12-13-32-30-11-8-20(15-26(24)30)22-16-27(29(5-2)34-18-22)25-10-6-19(3)14-28(25)31/h6-18H,4-5H2,1-3H3. The fourth-order valence-electron chi connectivity index (χ4n) is 4.37. The van der Waals surface area contributed by atoms with E-state index in [1.807, 2.05) is 62.8 Å². The smallest absolute Gasteiger partial charge is 0.131 e. The van der Waals surface area contributed by atoms with Gasteiger partial charge in [-0.3, -0.25) is 15.0 Å². The molecule has 2 aromatic carbocycles. The number of benzene rings is 2. The van der Waals surface area contributed by atoms with Gasteiger partial charge in [0.2, 0.25) is 0 Å². The Bertz CT molecular complexity index is 1490. The van der Waals surface area contributed by atoms with Gasteiger partial charge in [0.25, 0.3) is 0 Å². The van der Waals surface area contributed by atoms with Crippen molar-refractivity contribution in [2.24, 2.45) is 0 Å². The van der Waals surface area contributed by atoms with Crippen LogP contribution in [0.2, 0.25) is 0 Å². The Kier molecular flexibility index (Phi) is 5.89. The van der Waals surface area contributed by atoms with Gasteiger partial charge in [0.05, 0.1) is 5.52 Å². The predicted molar refractivity (Wildman–Crippen MR) is 137 cm³/mol. The zero-order chi connectivity index (χ0) is 23.7. The first-order valence-corrected chi connectivity index (χ1v) is 11.7. The number of hydrogen-bond donors (Lipinski definition) is 0. The van der Waals surface area contributed by atoms with Gasteiger partial charge in [0.1, 0.15) is 5.82 Å². The quantitative estimate of drug-likeness (QED) is 0.278. The number of aromatic nitrogens is 3. The van der Waals surface area contributed by atoms with E-state index in [9.17, 15) is 4.39 Å². The Morgan fingerprint density at radius 2 is 1.50 bits per heavy atom. The summed E-state index contributed by atoms with van der Waals surface area (Å²) in [5.74, 6) is -0.221. The molecule has 0 radical (unpaired) electrons. The summed E-state index contributed by atoms with van der Waals surface area (Å²) in [6.45, 7) is 6.04. The van der Waals surface area contributed by atoms with Crippen molar-refractivity contribution in [3.05, 3.63) is 102 Å². The summed E-state index contributed by atoms with van der Waals surface area (Å²) in [5, 5.41) is 1.05. The van der Waals surface area contributed by atoms with Crippen LogP contribution in [0.25, 0.3) is 44.3 Å². The topological polar surface area (TPSA) is 38.7 Å². The monoisotopic (exact) mass is 447 g/mol. The molecule has 0 bridgehead atoms. The summed E-state index contributed by atoms with van der Waals surface area (Å²) < 4.78 is 14.8. The zero-order valence-electron chi connectivity index (χ0n) is 19.6. The van der Waals surface area contributed by atoms with E-state index in [0.717, 1.165) is 68.5 Å². The lowest BCUT2D eigenvalue weighted by Gasteiger charge is -2.13. The van der Waals surface area contributed by atoms with Crippen LogP contribution in [0.4, 0.5) is 4.39 Å². The first-order chi connectivity index (χ1) is 16.6. The molecule has 3 heterocycles. The van der Waals surface area contributed by atoms with Crippen molar-refractivity contribution in [1.82, 2.24) is 15.0 Å². The zero-order valence-corrected chi connectivity index (χ0v) is 19.6.